The maximum atomic E-state index is 12.8. The van der Waals surface area contributed by atoms with Crippen molar-refractivity contribution >= 4 is 52.5 Å². The smallest absolute Gasteiger partial charge is 0.323 e. The van der Waals surface area contributed by atoms with Gasteiger partial charge >= 0.3 is 18.0 Å². The molecule has 232 valence electrons. The molecule has 0 radical (unpaired) electrons. The number of carboxylic acid groups (broad SMARTS) is 1. The van der Waals surface area contributed by atoms with E-state index in [2.05, 4.69) is 16.0 Å². The molecule has 4 amide bonds. The molecule has 3 aromatic rings. The van der Waals surface area contributed by atoms with Gasteiger partial charge in [0.05, 0.1) is 38.1 Å². The number of amides is 4. The number of urea groups is 1. The minimum atomic E-state index is -0.998. The van der Waals surface area contributed by atoms with Gasteiger partial charge in [0, 0.05) is 37.2 Å². The predicted molar refractivity (Wildman–Crippen MR) is 165 cm³/mol. The molecule has 3 aromatic carbocycles. The van der Waals surface area contributed by atoms with Crippen LogP contribution in [0.1, 0.15) is 49.8 Å². The molecule has 12 nitrogen and oxygen atoms in total. The number of hydrogen-bond donors (Lipinski definition) is 4. The highest BCUT2D eigenvalue weighted by Gasteiger charge is 2.21. The van der Waals surface area contributed by atoms with Crippen molar-refractivity contribution in [3.63, 3.8) is 0 Å². The van der Waals surface area contributed by atoms with Gasteiger partial charge < -0.3 is 30.5 Å². The first-order valence-corrected chi connectivity index (χ1v) is 13.8. The van der Waals surface area contributed by atoms with E-state index in [1.165, 1.54) is 26.0 Å². The number of carbonyl (C=O) groups excluding carboxylic acids is 4. The number of anilines is 4. The second-order valence-corrected chi connectivity index (χ2v) is 9.87. The van der Waals surface area contributed by atoms with Crippen LogP contribution in [0.3, 0.4) is 0 Å². The molecule has 4 N–H and O–H groups in total. The van der Waals surface area contributed by atoms with E-state index in [1.54, 1.807) is 48.5 Å². The van der Waals surface area contributed by atoms with E-state index in [0.717, 1.165) is 5.56 Å². The number of ether oxygens (including phenoxy) is 2. The predicted octanol–water partition coefficient (Wildman–Crippen LogP) is 5.31. The minimum absolute atomic E-state index is 0.0135. The summed E-state index contributed by atoms with van der Waals surface area (Å²) in [6.07, 6.45) is -0.138. The molecular formula is C32H36N4O8. The Morgan fingerprint density at radius 1 is 0.864 bits per heavy atom. The molecule has 0 saturated carbocycles. The van der Waals surface area contributed by atoms with E-state index in [-0.39, 0.29) is 31.6 Å². The minimum Gasteiger partial charge on any atom is -0.494 e. The van der Waals surface area contributed by atoms with Gasteiger partial charge in [-0.3, -0.25) is 24.1 Å². The van der Waals surface area contributed by atoms with Crippen LogP contribution >= 0.6 is 0 Å². The van der Waals surface area contributed by atoms with Gasteiger partial charge in [0.15, 0.2) is 0 Å². The third kappa shape index (κ3) is 9.31. The average Bonchev–Trinajstić information content (AvgIpc) is 2.98. The number of esters is 1. The average molecular weight is 605 g/mol. The van der Waals surface area contributed by atoms with Gasteiger partial charge in [-0.15, -0.1) is 0 Å². The Balaban J connectivity index is 1.80. The number of carboxylic acids is 1. The van der Waals surface area contributed by atoms with Crippen molar-refractivity contribution < 1.29 is 38.6 Å². The van der Waals surface area contributed by atoms with E-state index in [9.17, 15) is 24.0 Å². The highest BCUT2D eigenvalue weighted by atomic mass is 16.5. The van der Waals surface area contributed by atoms with Crippen molar-refractivity contribution in [1.82, 2.24) is 5.32 Å². The van der Waals surface area contributed by atoms with Crippen LogP contribution in [-0.2, 0) is 23.9 Å². The fraction of sp³-hybridized carbons (Fsp3) is 0.281. The maximum Gasteiger partial charge on any atom is 0.323 e. The third-order valence-corrected chi connectivity index (χ3v) is 6.68. The lowest BCUT2D eigenvalue weighted by atomic mass is 10.0. The first-order chi connectivity index (χ1) is 21.0. The Labute approximate surface area is 255 Å². The fourth-order valence-electron chi connectivity index (χ4n) is 4.45. The van der Waals surface area contributed by atoms with Crippen molar-refractivity contribution in [2.45, 2.75) is 45.6 Å². The van der Waals surface area contributed by atoms with E-state index >= 15 is 0 Å². The first-order valence-electron chi connectivity index (χ1n) is 13.8. The van der Waals surface area contributed by atoms with Gasteiger partial charge in [-0.2, -0.15) is 0 Å². The molecule has 0 fully saturated rings. The molecule has 0 bridgehead atoms. The van der Waals surface area contributed by atoms with E-state index in [1.807, 2.05) is 25.1 Å². The summed E-state index contributed by atoms with van der Waals surface area (Å²) in [4.78, 5) is 62.1. The molecule has 44 heavy (non-hydrogen) atoms. The van der Waals surface area contributed by atoms with Crippen LogP contribution in [0.2, 0.25) is 0 Å². The number of carbonyl (C=O) groups is 5. The number of methoxy groups -OCH3 is 2. The monoisotopic (exact) mass is 604 g/mol. The quantitative estimate of drug-likeness (QED) is 0.191. The lowest BCUT2D eigenvalue weighted by Gasteiger charge is -2.24. The van der Waals surface area contributed by atoms with Crippen LogP contribution < -0.4 is 25.6 Å². The number of para-hydroxylation sites is 1. The normalized spacial score (nSPS) is 11.1. The number of nitrogens with one attached hydrogen (secondary N) is 3. The molecule has 12 heteroatoms. The van der Waals surface area contributed by atoms with E-state index in [0.29, 0.717) is 34.1 Å². The molecule has 0 aliphatic carbocycles. The zero-order valence-corrected chi connectivity index (χ0v) is 25.0. The summed E-state index contributed by atoms with van der Waals surface area (Å²) in [7, 11) is 2.70. The number of aryl methyl sites for hydroxylation is 1. The van der Waals surface area contributed by atoms with Crippen LogP contribution in [0.4, 0.5) is 27.5 Å². The Morgan fingerprint density at radius 3 is 2.14 bits per heavy atom. The molecule has 1 atom stereocenters. The molecule has 0 unspecified atom stereocenters. The van der Waals surface area contributed by atoms with E-state index in [4.69, 9.17) is 14.6 Å². The summed E-state index contributed by atoms with van der Waals surface area (Å²) in [6.45, 7) is 3.29. The summed E-state index contributed by atoms with van der Waals surface area (Å²) in [5, 5.41) is 17.1. The Morgan fingerprint density at radius 2 is 1.52 bits per heavy atom. The van der Waals surface area contributed by atoms with E-state index < -0.39 is 29.9 Å². The molecule has 3 rings (SSSR count). The molecule has 0 spiro atoms. The third-order valence-electron chi connectivity index (χ3n) is 6.68. The van der Waals surface area contributed by atoms with Gasteiger partial charge in [-0.1, -0.05) is 30.3 Å². The molecule has 0 aromatic heterocycles. The highest BCUT2D eigenvalue weighted by molar-refractivity contribution is 6.03. The van der Waals surface area contributed by atoms with Gasteiger partial charge in [-0.25, -0.2) is 4.79 Å². The number of nitrogens with zero attached hydrogens (tertiary/aromatic N) is 1. The molecule has 0 saturated heterocycles. The maximum absolute atomic E-state index is 12.8. The Bertz CT molecular complexity index is 1510. The highest BCUT2D eigenvalue weighted by Crippen LogP contribution is 2.34. The number of benzene rings is 3. The zero-order chi connectivity index (χ0) is 32.2. The van der Waals surface area contributed by atoms with Crippen LogP contribution in [0, 0.1) is 6.92 Å². The second-order valence-electron chi connectivity index (χ2n) is 9.87. The van der Waals surface area contributed by atoms with Crippen molar-refractivity contribution in [2.24, 2.45) is 0 Å². The first kappa shape index (κ1) is 33.1. The molecular weight excluding hydrogens is 568 g/mol. The van der Waals surface area contributed by atoms with Crippen LogP contribution in [0.25, 0.3) is 0 Å². The number of aliphatic carboxylic acids is 1. The second kappa shape index (κ2) is 15.7. The zero-order valence-electron chi connectivity index (χ0n) is 25.0. The Kier molecular flexibility index (Phi) is 11.8. The van der Waals surface area contributed by atoms with Gasteiger partial charge in [-0.05, 0) is 54.8 Å². The standard InChI is InChI=1S/C32H36N4O8/c1-20-8-5-6-9-25(20)34-32(42)35-26-17-16-24(18-28(26)43-3)36(21(2)37)23-14-12-22(13-15-23)27(19-31(41)44-4)33-29(38)10-7-11-30(39)40/h5-6,8-9,12-18,27H,7,10-11,19H2,1-4H3,(H,33,38)(H,39,40)(H2,34,35,42)/t27-/m1/s1. The fourth-order valence-corrected chi connectivity index (χ4v) is 4.45. The summed E-state index contributed by atoms with van der Waals surface area (Å²) < 4.78 is 10.3. The Hall–Kier alpha value is -5.39. The van der Waals surface area contributed by atoms with Crippen molar-refractivity contribution in [1.29, 1.82) is 0 Å². The van der Waals surface area contributed by atoms with Gasteiger partial charge in [0.1, 0.15) is 5.75 Å². The number of rotatable bonds is 13. The molecule has 0 aliphatic heterocycles. The summed E-state index contributed by atoms with van der Waals surface area (Å²) in [6, 6.07) is 17.8. The van der Waals surface area contributed by atoms with Crippen molar-refractivity contribution in [3.05, 3.63) is 77.9 Å². The summed E-state index contributed by atoms with van der Waals surface area (Å²) >= 11 is 0. The van der Waals surface area contributed by atoms with Crippen molar-refractivity contribution in [2.75, 3.05) is 29.8 Å². The summed E-state index contributed by atoms with van der Waals surface area (Å²) in [5.74, 6) is -1.90. The van der Waals surface area contributed by atoms with Crippen LogP contribution in [0.15, 0.2) is 66.7 Å². The lowest BCUT2D eigenvalue weighted by molar-refractivity contribution is -0.141. The van der Waals surface area contributed by atoms with Crippen LogP contribution in [0.5, 0.6) is 5.75 Å². The van der Waals surface area contributed by atoms with Gasteiger partial charge in [0.2, 0.25) is 11.8 Å². The lowest BCUT2D eigenvalue weighted by Crippen LogP contribution is -2.30. The van der Waals surface area contributed by atoms with Crippen molar-refractivity contribution in [3.8, 4) is 5.75 Å². The topological polar surface area (TPSA) is 163 Å². The van der Waals surface area contributed by atoms with Gasteiger partial charge in [0.25, 0.3) is 0 Å². The molecule has 0 heterocycles. The molecule has 0 aliphatic rings. The van der Waals surface area contributed by atoms with Crippen LogP contribution in [-0.4, -0.2) is 49.1 Å². The SMILES string of the molecule is COC(=O)C[C@@H](NC(=O)CCCC(=O)O)c1ccc(N(C(C)=O)c2ccc(NC(=O)Nc3ccccc3C)c(OC)c2)cc1. The summed E-state index contributed by atoms with van der Waals surface area (Å²) in [5.41, 5.74) is 3.54. The number of hydrogen-bond acceptors (Lipinski definition) is 7. The largest absolute Gasteiger partial charge is 0.494 e.